The molecule has 4 aromatic rings. The molecule has 0 aliphatic heterocycles. The molecule has 36 heavy (non-hydrogen) atoms. The highest BCUT2D eigenvalue weighted by atomic mass is 79.9. The maximum Gasteiger partial charge on any atom is 0.335 e. The fourth-order valence-electron chi connectivity index (χ4n) is 3.55. The van der Waals surface area contributed by atoms with Crippen molar-refractivity contribution in [2.24, 2.45) is 5.10 Å². The molecule has 0 fully saturated rings. The first-order valence-electron chi connectivity index (χ1n) is 10.9. The zero-order chi connectivity index (χ0) is 25.8. The molecule has 8 nitrogen and oxygen atoms in total. The number of hydrogen-bond acceptors (Lipinski definition) is 6. The van der Waals surface area contributed by atoms with Gasteiger partial charge >= 0.3 is 5.97 Å². The molecule has 0 spiro atoms. The van der Waals surface area contributed by atoms with Crippen molar-refractivity contribution < 1.29 is 19.4 Å². The molecule has 0 atom stereocenters. The summed E-state index contributed by atoms with van der Waals surface area (Å²) < 4.78 is 13.5. The number of ether oxygens (including phenoxy) is 2. The van der Waals surface area contributed by atoms with Crippen LogP contribution < -0.4 is 15.0 Å². The fourth-order valence-corrected chi connectivity index (χ4v) is 4.13. The molecule has 184 valence electrons. The summed E-state index contributed by atoms with van der Waals surface area (Å²) in [4.78, 5) is 28.9. The Morgan fingerprint density at radius 1 is 1.19 bits per heavy atom. The summed E-state index contributed by atoms with van der Waals surface area (Å²) in [5.74, 6) is 0.254. The van der Waals surface area contributed by atoms with Crippen LogP contribution in [0.5, 0.6) is 11.5 Å². The predicted octanol–water partition coefficient (Wildman–Crippen LogP) is 5.54. The zero-order valence-electron chi connectivity index (χ0n) is 19.4. The molecule has 4 rings (SSSR count). The van der Waals surface area contributed by atoms with Crippen molar-refractivity contribution in [2.45, 2.75) is 20.0 Å². The van der Waals surface area contributed by atoms with E-state index in [1.165, 1.54) is 30.1 Å². The summed E-state index contributed by atoms with van der Waals surface area (Å²) in [5.41, 5.74) is 1.72. The largest absolute Gasteiger partial charge is 0.493 e. The first kappa shape index (κ1) is 25.4. The molecule has 0 amide bonds. The van der Waals surface area contributed by atoms with Gasteiger partial charge in [-0.25, -0.2) is 9.78 Å². The molecular formula is C26H21BrClN3O5. The Morgan fingerprint density at radius 2 is 1.94 bits per heavy atom. The van der Waals surface area contributed by atoms with Crippen LogP contribution in [-0.4, -0.2) is 34.1 Å². The number of rotatable bonds is 8. The quantitative estimate of drug-likeness (QED) is 0.279. The summed E-state index contributed by atoms with van der Waals surface area (Å²) in [5, 5.41) is 14.4. The van der Waals surface area contributed by atoms with Gasteiger partial charge in [-0.15, -0.1) is 0 Å². The smallest absolute Gasteiger partial charge is 0.335 e. The van der Waals surface area contributed by atoms with E-state index in [1.807, 2.05) is 13.0 Å². The highest BCUT2D eigenvalue weighted by Gasteiger charge is 2.14. The fraction of sp³-hybridized carbons (Fsp3) is 0.154. The summed E-state index contributed by atoms with van der Waals surface area (Å²) in [7, 11) is 1.49. The standard InChI is InChI=1S/C26H21BrClN3O5/c1-3-23-30-21-9-8-18(27)11-20(21)25(32)31(23)29-13-17-10-19(28)12-22(35-2)24(17)36-14-15-4-6-16(7-5-15)26(33)34/h4-13H,3,14H2,1-2H3,(H,33,34). The lowest BCUT2D eigenvalue weighted by Gasteiger charge is -2.14. The Balaban J connectivity index is 1.72. The SMILES string of the molecule is CCc1nc2ccc(Br)cc2c(=O)n1N=Cc1cc(Cl)cc(OC)c1OCc1ccc(C(=O)O)cc1. The van der Waals surface area contributed by atoms with Gasteiger partial charge in [0.2, 0.25) is 0 Å². The van der Waals surface area contributed by atoms with Gasteiger partial charge in [0.05, 0.1) is 29.8 Å². The molecule has 0 saturated heterocycles. The zero-order valence-corrected chi connectivity index (χ0v) is 21.7. The van der Waals surface area contributed by atoms with Gasteiger partial charge in [0.15, 0.2) is 11.5 Å². The second kappa shape index (κ2) is 10.9. The van der Waals surface area contributed by atoms with Gasteiger partial charge in [-0.05, 0) is 42.0 Å². The third kappa shape index (κ3) is 5.42. The molecule has 0 bridgehead atoms. The van der Waals surface area contributed by atoms with Crippen molar-refractivity contribution in [3.05, 3.63) is 97.0 Å². The second-order valence-corrected chi connectivity index (χ2v) is 9.07. The van der Waals surface area contributed by atoms with Crippen LogP contribution in [0.1, 0.15) is 34.2 Å². The molecule has 0 saturated carbocycles. The number of carboxylic acids is 1. The average Bonchev–Trinajstić information content (AvgIpc) is 2.87. The number of aromatic nitrogens is 2. The molecule has 0 radical (unpaired) electrons. The van der Waals surface area contributed by atoms with Crippen LogP contribution >= 0.6 is 27.5 Å². The number of halogens is 2. The maximum absolute atomic E-state index is 13.2. The minimum Gasteiger partial charge on any atom is -0.493 e. The van der Waals surface area contributed by atoms with Crippen LogP contribution in [0.4, 0.5) is 0 Å². The van der Waals surface area contributed by atoms with E-state index < -0.39 is 5.97 Å². The third-order valence-corrected chi connectivity index (χ3v) is 6.07. The number of nitrogens with zero attached hydrogens (tertiary/aromatic N) is 3. The molecule has 1 aromatic heterocycles. The van der Waals surface area contributed by atoms with E-state index >= 15 is 0 Å². The van der Waals surface area contributed by atoms with E-state index in [0.29, 0.717) is 45.2 Å². The lowest BCUT2D eigenvalue weighted by Crippen LogP contribution is -2.22. The van der Waals surface area contributed by atoms with Crippen LogP contribution in [0.3, 0.4) is 0 Å². The third-order valence-electron chi connectivity index (χ3n) is 5.36. The van der Waals surface area contributed by atoms with Crippen LogP contribution in [0.2, 0.25) is 5.02 Å². The number of carbonyl (C=O) groups is 1. The summed E-state index contributed by atoms with van der Waals surface area (Å²) in [6.07, 6.45) is 1.97. The van der Waals surface area contributed by atoms with E-state index in [0.717, 1.165) is 10.0 Å². The summed E-state index contributed by atoms with van der Waals surface area (Å²) in [6.45, 7) is 2.04. The highest BCUT2D eigenvalue weighted by molar-refractivity contribution is 9.10. The van der Waals surface area contributed by atoms with Gasteiger partial charge in [0, 0.05) is 27.5 Å². The lowest BCUT2D eigenvalue weighted by atomic mass is 10.1. The Hall–Kier alpha value is -3.69. The van der Waals surface area contributed by atoms with E-state index in [4.69, 9.17) is 26.2 Å². The van der Waals surface area contributed by atoms with E-state index in [2.05, 4.69) is 26.0 Å². The molecule has 1 heterocycles. The van der Waals surface area contributed by atoms with Crippen LogP contribution in [0.15, 0.2) is 69.0 Å². The van der Waals surface area contributed by atoms with E-state index in [1.54, 1.807) is 36.4 Å². The molecule has 0 unspecified atom stereocenters. The van der Waals surface area contributed by atoms with Crippen molar-refractivity contribution in [1.29, 1.82) is 0 Å². The number of benzene rings is 3. The predicted molar refractivity (Wildman–Crippen MR) is 142 cm³/mol. The Labute approximate surface area is 219 Å². The number of aromatic carboxylic acids is 1. The van der Waals surface area contributed by atoms with Gasteiger partial charge < -0.3 is 14.6 Å². The lowest BCUT2D eigenvalue weighted by molar-refractivity contribution is 0.0697. The van der Waals surface area contributed by atoms with E-state index in [9.17, 15) is 9.59 Å². The van der Waals surface area contributed by atoms with Crippen molar-refractivity contribution in [2.75, 3.05) is 7.11 Å². The van der Waals surface area contributed by atoms with Crippen molar-refractivity contribution in [3.8, 4) is 11.5 Å². The van der Waals surface area contributed by atoms with Crippen LogP contribution in [0, 0.1) is 0 Å². The molecule has 3 aromatic carbocycles. The first-order chi connectivity index (χ1) is 17.3. The van der Waals surface area contributed by atoms with Gasteiger partial charge in [-0.3, -0.25) is 4.79 Å². The number of aryl methyl sites for hydroxylation is 1. The molecule has 0 aliphatic rings. The number of carboxylic acid groups (broad SMARTS) is 1. The van der Waals surface area contributed by atoms with Crippen LogP contribution in [-0.2, 0) is 13.0 Å². The molecule has 10 heteroatoms. The topological polar surface area (TPSA) is 103 Å². The summed E-state index contributed by atoms with van der Waals surface area (Å²) >= 11 is 9.69. The van der Waals surface area contributed by atoms with Gasteiger partial charge in [0.1, 0.15) is 12.4 Å². The Morgan fingerprint density at radius 3 is 2.61 bits per heavy atom. The highest BCUT2D eigenvalue weighted by Crippen LogP contribution is 2.34. The second-order valence-electron chi connectivity index (χ2n) is 7.72. The number of methoxy groups -OCH3 is 1. The molecular weight excluding hydrogens is 550 g/mol. The van der Waals surface area contributed by atoms with Gasteiger partial charge in [-0.1, -0.05) is 46.6 Å². The van der Waals surface area contributed by atoms with E-state index in [-0.39, 0.29) is 17.7 Å². The van der Waals surface area contributed by atoms with Crippen LogP contribution in [0.25, 0.3) is 10.9 Å². The number of hydrogen-bond donors (Lipinski definition) is 1. The monoisotopic (exact) mass is 569 g/mol. The number of fused-ring (bicyclic) bond motifs is 1. The molecule has 1 N–H and O–H groups in total. The Bertz CT molecular complexity index is 1530. The Kier molecular flexibility index (Phi) is 7.71. The molecule has 0 aliphatic carbocycles. The van der Waals surface area contributed by atoms with Gasteiger partial charge in [-0.2, -0.15) is 9.78 Å². The average molecular weight is 571 g/mol. The maximum atomic E-state index is 13.2. The minimum absolute atomic E-state index is 0.143. The van der Waals surface area contributed by atoms with Gasteiger partial charge in [0.25, 0.3) is 5.56 Å². The first-order valence-corrected chi connectivity index (χ1v) is 12.1. The normalized spacial score (nSPS) is 11.2. The minimum atomic E-state index is -1.00. The van der Waals surface area contributed by atoms with Crippen molar-refractivity contribution in [1.82, 2.24) is 9.66 Å². The van der Waals surface area contributed by atoms with Crippen molar-refractivity contribution in [3.63, 3.8) is 0 Å². The van der Waals surface area contributed by atoms with Crippen molar-refractivity contribution >= 4 is 50.6 Å². The summed E-state index contributed by atoms with van der Waals surface area (Å²) in [6, 6.07) is 14.9.